The first kappa shape index (κ1) is 26.3. The summed E-state index contributed by atoms with van der Waals surface area (Å²) in [5.74, 6) is 1.18. The van der Waals surface area contributed by atoms with E-state index in [1.807, 2.05) is 6.92 Å². The molecule has 1 aliphatic carbocycles. The van der Waals surface area contributed by atoms with Crippen molar-refractivity contribution in [2.24, 2.45) is 0 Å². The van der Waals surface area contributed by atoms with Gasteiger partial charge < -0.3 is 10.2 Å². The Hall–Kier alpha value is -2.27. The van der Waals surface area contributed by atoms with Gasteiger partial charge in [0.05, 0.1) is 5.75 Å². The van der Waals surface area contributed by atoms with Gasteiger partial charge in [-0.15, -0.1) is 11.8 Å². The molecule has 1 saturated carbocycles. The van der Waals surface area contributed by atoms with Crippen molar-refractivity contribution in [3.63, 3.8) is 0 Å². The number of hydrogen-bond donors (Lipinski definition) is 1. The molecule has 1 atom stereocenters. The average Bonchev–Trinajstić information content (AvgIpc) is 2.80. The molecule has 1 fully saturated rings. The molecule has 1 unspecified atom stereocenters. The number of thioether (sulfide) groups is 1. The van der Waals surface area contributed by atoms with Gasteiger partial charge in [0.2, 0.25) is 11.8 Å². The molecular weight excluding hydrogens is 440 g/mol. The minimum Gasteiger partial charge on any atom is -0.352 e. The van der Waals surface area contributed by atoms with Crippen LogP contribution in [0.2, 0.25) is 0 Å². The van der Waals surface area contributed by atoms with Gasteiger partial charge in [-0.1, -0.05) is 85.3 Å². The molecule has 2 aromatic carbocycles. The van der Waals surface area contributed by atoms with Crippen LogP contribution in [0, 0.1) is 20.8 Å². The van der Waals surface area contributed by atoms with E-state index in [0.29, 0.717) is 18.7 Å². The summed E-state index contributed by atoms with van der Waals surface area (Å²) in [5, 5.41) is 3.25. The van der Waals surface area contributed by atoms with E-state index in [2.05, 4.69) is 68.6 Å². The molecule has 34 heavy (non-hydrogen) atoms. The van der Waals surface area contributed by atoms with Gasteiger partial charge in [0.15, 0.2) is 0 Å². The summed E-state index contributed by atoms with van der Waals surface area (Å²) >= 11 is 1.63. The number of carbonyl (C=O) groups is 2. The molecule has 2 aromatic rings. The minimum absolute atomic E-state index is 0.00540. The Morgan fingerprint density at radius 1 is 0.941 bits per heavy atom. The molecule has 3 rings (SSSR count). The van der Waals surface area contributed by atoms with Crippen LogP contribution in [-0.4, -0.2) is 34.6 Å². The van der Waals surface area contributed by atoms with Crippen molar-refractivity contribution in [2.75, 3.05) is 5.75 Å². The minimum atomic E-state index is -0.447. The van der Waals surface area contributed by atoms with Gasteiger partial charge in [-0.05, 0) is 51.2 Å². The van der Waals surface area contributed by atoms with E-state index in [-0.39, 0.29) is 17.9 Å². The molecule has 0 heterocycles. The smallest absolute Gasteiger partial charge is 0.243 e. The summed E-state index contributed by atoms with van der Waals surface area (Å²) in [5.41, 5.74) is 5.97. The van der Waals surface area contributed by atoms with Crippen LogP contribution < -0.4 is 5.32 Å². The molecule has 0 aromatic heterocycles. The van der Waals surface area contributed by atoms with E-state index in [1.165, 1.54) is 41.5 Å². The Morgan fingerprint density at radius 3 is 2.21 bits per heavy atom. The molecule has 0 saturated heterocycles. The zero-order valence-corrected chi connectivity index (χ0v) is 22.0. The normalized spacial score (nSPS) is 15.1. The maximum absolute atomic E-state index is 13.5. The summed E-state index contributed by atoms with van der Waals surface area (Å²) in [6.45, 7) is 8.73. The number of nitrogens with zero attached hydrogens (tertiary/aromatic N) is 1. The first-order chi connectivity index (χ1) is 16.4. The second kappa shape index (κ2) is 13.0. The van der Waals surface area contributed by atoms with Crippen molar-refractivity contribution in [2.45, 2.75) is 90.6 Å². The van der Waals surface area contributed by atoms with Crippen molar-refractivity contribution in [3.05, 3.63) is 70.3 Å². The molecule has 0 spiro atoms. The highest BCUT2D eigenvalue weighted by Gasteiger charge is 2.30. The van der Waals surface area contributed by atoms with Crippen LogP contribution in [0.4, 0.5) is 0 Å². The number of carbonyl (C=O) groups excluding carboxylic acids is 2. The molecule has 0 radical (unpaired) electrons. The Morgan fingerprint density at radius 2 is 1.59 bits per heavy atom. The van der Waals surface area contributed by atoms with Crippen molar-refractivity contribution in [3.8, 4) is 0 Å². The van der Waals surface area contributed by atoms with E-state index < -0.39 is 6.04 Å². The predicted molar refractivity (Wildman–Crippen MR) is 143 cm³/mol. The molecule has 184 valence electrons. The van der Waals surface area contributed by atoms with Gasteiger partial charge in [0.1, 0.15) is 6.04 Å². The SMILES string of the molecule is CCC(C(=O)NC1CCCCC1)N(Cc1ccc(C)cc1)C(=O)CSCc1cc(C)cc(C)c1. The molecule has 0 aliphatic heterocycles. The number of amides is 2. The highest BCUT2D eigenvalue weighted by molar-refractivity contribution is 7.99. The molecule has 0 bridgehead atoms. The topological polar surface area (TPSA) is 49.4 Å². The Bertz CT molecular complexity index is 931. The maximum Gasteiger partial charge on any atom is 0.243 e. The highest BCUT2D eigenvalue weighted by atomic mass is 32.2. The van der Waals surface area contributed by atoms with Crippen LogP contribution in [-0.2, 0) is 21.9 Å². The first-order valence-corrected chi connectivity index (χ1v) is 13.8. The predicted octanol–water partition coefficient (Wildman–Crippen LogP) is 6.10. The Kier molecular flexibility index (Phi) is 10.1. The fraction of sp³-hybridized carbons (Fsp3) is 0.517. The van der Waals surface area contributed by atoms with Crippen molar-refractivity contribution in [1.29, 1.82) is 0 Å². The third-order valence-electron chi connectivity index (χ3n) is 6.59. The number of benzene rings is 2. The van der Waals surface area contributed by atoms with E-state index in [9.17, 15) is 9.59 Å². The van der Waals surface area contributed by atoms with Crippen molar-refractivity contribution in [1.82, 2.24) is 10.2 Å². The van der Waals surface area contributed by atoms with Gasteiger partial charge >= 0.3 is 0 Å². The summed E-state index contributed by atoms with van der Waals surface area (Å²) in [4.78, 5) is 28.6. The summed E-state index contributed by atoms with van der Waals surface area (Å²) in [6, 6.07) is 14.6. The van der Waals surface area contributed by atoms with E-state index in [1.54, 1.807) is 16.7 Å². The number of aryl methyl sites for hydroxylation is 3. The fourth-order valence-electron chi connectivity index (χ4n) is 4.85. The Balaban J connectivity index is 1.70. The fourth-order valence-corrected chi connectivity index (χ4v) is 5.69. The van der Waals surface area contributed by atoms with Gasteiger partial charge in [0, 0.05) is 18.3 Å². The third-order valence-corrected chi connectivity index (χ3v) is 7.58. The van der Waals surface area contributed by atoms with Crippen molar-refractivity contribution < 1.29 is 9.59 Å². The lowest BCUT2D eigenvalue weighted by Gasteiger charge is -2.32. The number of rotatable bonds is 10. The average molecular weight is 481 g/mol. The lowest BCUT2D eigenvalue weighted by molar-refractivity contribution is -0.139. The lowest BCUT2D eigenvalue weighted by atomic mass is 9.95. The van der Waals surface area contributed by atoms with E-state index >= 15 is 0 Å². The largest absolute Gasteiger partial charge is 0.352 e. The second-order valence-corrected chi connectivity index (χ2v) is 10.7. The van der Waals surface area contributed by atoms with Crippen LogP contribution in [0.1, 0.15) is 73.3 Å². The molecule has 1 aliphatic rings. The van der Waals surface area contributed by atoms with Crippen LogP contribution in [0.15, 0.2) is 42.5 Å². The summed E-state index contributed by atoms with van der Waals surface area (Å²) in [7, 11) is 0. The van der Waals surface area contributed by atoms with Crippen molar-refractivity contribution >= 4 is 23.6 Å². The number of nitrogens with one attached hydrogen (secondary N) is 1. The van der Waals surface area contributed by atoms with Crippen LogP contribution in [0.25, 0.3) is 0 Å². The van der Waals surface area contributed by atoms with Crippen LogP contribution >= 0.6 is 11.8 Å². The first-order valence-electron chi connectivity index (χ1n) is 12.7. The highest BCUT2D eigenvalue weighted by Crippen LogP contribution is 2.21. The molecule has 4 nitrogen and oxygen atoms in total. The van der Waals surface area contributed by atoms with Gasteiger partial charge in [-0.3, -0.25) is 9.59 Å². The van der Waals surface area contributed by atoms with Gasteiger partial charge in [0.25, 0.3) is 0 Å². The number of hydrogen-bond acceptors (Lipinski definition) is 3. The van der Waals surface area contributed by atoms with E-state index in [4.69, 9.17) is 0 Å². The van der Waals surface area contributed by atoms with Gasteiger partial charge in [-0.25, -0.2) is 0 Å². The Labute approximate surface area is 209 Å². The third kappa shape index (κ3) is 7.90. The lowest BCUT2D eigenvalue weighted by Crippen LogP contribution is -2.52. The zero-order chi connectivity index (χ0) is 24.5. The molecule has 1 N–H and O–H groups in total. The molecular formula is C29H40N2O2S. The van der Waals surface area contributed by atoms with Gasteiger partial charge in [-0.2, -0.15) is 0 Å². The summed E-state index contributed by atoms with van der Waals surface area (Å²) in [6.07, 6.45) is 6.28. The second-order valence-electron chi connectivity index (χ2n) is 9.76. The quantitative estimate of drug-likeness (QED) is 0.447. The van der Waals surface area contributed by atoms with E-state index in [0.717, 1.165) is 24.2 Å². The monoisotopic (exact) mass is 480 g/mol. The summed E-state index contributed by atoms with van der Waals surface area (Å²) < 4.78 is 0. The van der Waals surface area contributed by atoms with Crippen LogP contribution in [0.5, 0.6) is 0 Å². The standard InChI is InChI=1S/C29H40N2O2S/c1-5-27(29(33)30-26-9-7-6-8-10-26)31(18-24-13-11-21(2)12-14-24)28(32)20-34-19-25-16-22(3)15-23(4)17-25/h11-17,26-27H,5-10,18-20H2,1-4H3,(H,30,33). The molecule has 2 amide bonds. The molecule has 5 heteroatoms. The van der Waals surface area contributed by atoms with Crippen LogP contribution in [0.3, 0.4) is 0 Å². The maximum atomic E-state index is 13.5. The zero-order valence-electron chi connectivity index (χ0n) is 21.2.